The summed E-state index contributed by atoms with van der Waals surface area (Å²) in [5.74, 6) is 0.487. The molecule has 0 fully saturated rings. The summed E-state index contributed by atoms with van der Waals surface area (Å²) in [7, 11) is 1.58. The van der Waals surface area contributed by atoms with Crippen LogP contribution in [-0.2, 0) is 6.42 Å². The largest absolute Gasteiger partial charge is 0.496 e. The Morgan fingerprint density at radius 1 is 1.57 bits per heavy atom. The van der Waals surface area contributed by atoms with Gasteiger partial charge in [-0.1, -0.05) is 22.5 Å². The van der Waals surface area contributed by atoms with Crippen LogP contribution in [0.15, 0.2) is 29.3 Å². The van der Waals surface area contributed by atoms with Gasteiger partial charge in [-0.25, -0.2) is 4.39 Å². The normalized spacial score (nSPS) is 9.93. The third kappa shape index (κ3) is 3.14. The van der Waals surface area contributed by atoms with Crippen LogP contribution in [0.1, 0.15) is 12.0 Å². The maximum atomic E-state index is 12.9. The van der Waals surface area contributed by atoms with Gasteiger partial charge in [0.05, 0.1) is 7.11 Å². The second kappa shape index (κ2) is 5.15. The van der Waals surface area contributed by atoms with Gasteiger partial charge in [0, 0.05) is 0 Å². The van der Waals surface area contributed by atoms with Crippen molar-refractivity contribution in [2.24, 2.45) is 0 Å². The maximum absolute atomic E-state index is 12.9. The molecule has 0 aliphatic heterocycles. The minimum Gasteiger partial charge on any atom is -0.496 e. The minimum absolute atomic E-state index is 0.235. The molecule has 0 aliphatic carbocycles. The Labute approximate surface area is 91.7 Å². The molecule has 0 aliphatic rings. The molecule has 0 spiro atoms. The van der Waals surface area contributed by atoms with Gasteiger partial charge in [-0.3, -0.25) is 0 Å². The fourth-order valence-electron chi connectivity index (χ4n) is 1.21. The van der Waals surface area contributed by atoms with Crippen molar-refractivity contribution in [2.45, 2.75) is 12.8 Å². The molecule has 1 aromatic carbocycles. The van der Waals surface area contributed by atoms with E-state index in [-0.39, 0.29) is 5.82 Å². The predicted octanol–water partition coefficient (Wildman–Crippen LogP) is 3.68. The van der Waals surface area contributed by atoms with Gasteiger partial charge >= 0.3 is 0 Å². The van der Waals surface area contributed by atoms with Crippen LogP contribution in [0.4, 0.5) is 4.39 Å². The van der Waals surface area contributed by atoms with Crippen molar-refractivity contribution in [3.63, 3.8) is 0 Å². The molecule has 14 heavy (non-hydrogen) atoms. The third-order valence-corrected chi connectivity index (χ3v) is 2.30. The second-order valence-corrected chi connectivity index (χ2v) is 4.09. The molecule has 1 aromatic rings. The fourth-order valence-corrected chi connectivity index (χ4v) is 1.41. The van der Waals surface area contributed by atoms with E-state index in [4.69, 9.17) is 4.74 Å². The van der Waals surface area contributed by atoms with Gasteiger partial charge in [0.1, 0.15) is 11.6 Å². The van der Waals surface area contributed by atoms with Crippen LogP contribution in [0.5, 0.6) is 5.75 Å². The maximum Gasteiger partial charge on any atom is 0.123 e. The molecule has 0 bridgehead atoms. The number of allylic oxidation sites excluding steroid dienone is 1. The van der Waals surface area contributed by atoms with Crippen LogP contribution in [0.25, 0.3) is 0 Å². The Hall–Kier alpha value is -0.830. The molecular formula is C11H12BrFO. The lowest BCUT2D eigenvalue weighted by molar-refractivity contribution is 0.408. The van der Waals surface area contributed by atoms with Gasteiger partial charge in [-0.2, -0.15) is 0 Å². The number of rotatable bonds is 4. The summed E-state index contributed by atoms with van der Waals surface area (Å²) in [6, 6.07) is 4.53. The first-order valence-corrected chi connectivity index (χ1v) is 5.08. The highest BCUT2D eigenvalue weighted by atomic mass is 79.9. The van der Waals surface area contributed by atoms with Crippen molar-refractivity contribution in [2.75, 3.05) is 7.11 Å². The van der Waals surface area contributed by atoms with E-state index in [0.29, 0.717) is 0 Å². The highest BCUT2D eigenvalue weighted by Crippen LogP contribution is 2.22. The number of ether oxygens (including phenoxy) is 1. The first kappa shape index (κ1) is 11.2. The minimum atomic E-state index is -0.235. The summed E-state index contributed by atoms with van der Waals surface area (Å²) in [6.45, 7) is 3.73. The van der Waals surface area contributed by atoms with Gasteiger partial charge in [0.15, 0.2) is 0 Å². The Bertz CT molecular complexity index is 336. The molecule has 0 N–H and O–H groups in total. The topological polar surface area (TPSA) is 9.23 Å². The molecule has 0 heterocycles. The van der Waals surface area contributed by atoms with Crippen molar-refractivity contribution < 1.29 is 9.13 Å². The first-order valence-electron chi connectivity index (χ1n) is 4.29. The van der Waals surface area contributed by atoms with E-state index in [9.17, 15) is 4.39 Å². The fraction of sp³-hybridized carbons (Fsp3) is 0.273. The summed E-state index contributed by atoms with van der Waals surface area (Å²) in [5.41, 5.74) is 0.869. The summed E-state index contributed by atoms with van der Waals surface area (Å²) < 4.78 is 18.9. The number of methoxy groups -OCH3 is 1. The van der Waals surface area contributed by atoms with Crippen LogP contribution in [-0.4, -0.2) is 7.11 Å². The molecule has 76 valence electrons. The summed E-state index contributed by atoms with van der Waals surface area (Å²) in [4.78, 5) is 0. The van der Waals surface area contributed by atoms with Crippen molar-refractivity contribution in [3.8, 4) is 5.75 Å². The number of benzene rings is 1. The van der Waals surface area contributed by atoms with Crippen LogP contribution < -0.4 is 4.74 Å². The zero-order chi connectivity index (χ0) is 10.6. The number of hydrogen-bond acceptors (Lipinski definition) is 1. The smallest absolute Gasteiger partial charge is 0.123 e. The zero-order valence-corrected chi connectivity index (χ0v) is 9.60. The molecule has 1 rings (SSSR count). The van der Waals surface area contributed by atoms with Crippen LogP contribution in [0, 0.1) is 5.82 Å². The van der Waals surface area contributed by atoms with Gasteiger partial charge in [-0.05, 0) is 41.1 Å². The Kier molecular flexibility index (Phi) is 4.14. The molecule has 0 amide bonds. The van der Waals surface area contributed by atoms with E-state index in [0.717, 1.165) is 28.6 Å². The van der Waals surface area contributed by atoms with E-state index >= 15 is 0 Å². The molecule has 0 aromatic heterocycles. The third-order valence-electron chi connectivity index (χ3n) is 1.91. The highest BCUT2D eigenvalue weighted by molar-refractivity contribution is 9.11. The lowest BCUT2D eigenvalue weighted by Gasteiger charge is -2.07. The number of aryl methyl sites for hydroxylation is 1. The van der Waals surface area contributed by atoms with E-state index in [1.807, 2.05) is 0 Å². The van der Waals surface area contributed by atoms with E-state index in [2.05, 4.69) is 22.5 Å². The molecule has 0 radical (unpaired) electrons. The van der Waals surface area contributed by atoms with Gasteiger partial charge in [0.2, 0.25) is 0 Å². The molecule has 1 nitrogen and oxygen atoms in total. The molecule has 0 unspecified atom stereocenters. The van der Waals surface area contributed by atoms with E-state index in [1.54, 1.807) is 13.2 Å². The van der Waals surface area contributed by atoms with Crippen LogP contribution in [0.2, 0.25) is 0 Å². The first-order chi connectivity index (χ1) is 6.63. The Morgan fingerprint density at radius 3 is 2.86 bits per heavy atom. The average molecular weight is 259 g/mol. The summed E-state index contributed by atoms with van der Waals surface area (Å²) in [6.07, 6.45) is 1.50. The Balaban J connectivity index is 2.82. The van der Waals surface area contributed by atoms with Crippen molar-refractivity contribution in [3.05, 3.63) is 40.6 Å². The van der Waals surface area contributed by atoms with Crippen LogP contribution in [0.3, 0.4) is 0 Å². The molecule has 3 heteroatoms. The molecule has 0 saturated heterocycles. The molecular weight excluding hydrogens is 247 g/mol. The van der Waals surface area contributed by atoms with Crippen molar-refractivity contribution in [1.29, 1.82) is 0 Å². The molecule has 0 saturated carbocycles. The SMILES string of the molecule is C=C(Br)CCc1cc(F)ccc1OC. The zero-order valence-electron chi connectivity index (χ0n) is 8.02. The standard InChI is InChI=1S/C11H12BrFO/c1-8(12)3-4-9-7-10(13)5-6-11(9)14-2/h5-7H,1,3-4H2,2H3. The summed E-state index contributed by atoms with van der Waals surface area (Å²) >= 11 is 3.27. The van der Waals surface area contributed by atoms with Crippen molar-refractivity contribution in [1.82, 2.24) is 0 Å². The predicted molar refractivity (Wildman–Crippen MR) is 59.3 cm³/mol. The van der Waals surface area contributed by atoms with Gasteiger partial charge < -0.3 is 4.74 Å². The molecule has 0 atom stereocenters. The number of halogens is 2. The van der Waals surface area contributed by atoms with E-state index < -0.39 is 0 Å². The average Bonchev–Trinajstić information content (AvgIpc) is 2.15. The second-order valence-electron chi connectivity index (χ2n) is 2.97. The van der Waals surface area contributed by atoms with Gasteiger partial charge in [-0.15, -0.1) is 0 Å². The summed E-state index contributed by atoms with van der Waals surface area (Å²) in [5, 5.41) is 0. The monoisotopic (exact) mass is 258 g/mol. The lowest BCUT2D eigenvalue weighted by atomic mass is 10.1. The Morgan fingerprint density at radius 2 is 2.29 bits per heavy atom. The van der Waals surface area contributed by atoms with E-state index in [1.165, 1.54) is 12.1 Å². The number of hydrogen-bond donors (Lipinski definition) is 0. The van der Waals surface area contributed by atoms with Crippen LogP contribution >= 0.6 is 15.9 Å². The quantitative estimate of drug-likeness (QED) is 0.801. The highest BCUT2D eigenvalue weighted by Gasteiger charge is 2.04. The lowest BCUT2D eigenvalue weighted by Crippen LogP contribution is -1.93. The van der Waals surface area contributed by atoms with Gasteiger partial charge in [0.25, 0.3) is 0 Å². The van der Waals surface area contributed by atoms with Crippen molar-refractivity contribution >= 4 is 15.9 Å².